The topological polar surface area (TPSA) is 127 Å². The van der Waals surface area contributed by atoms with E-state index in [1.165, 1.54) is 0 Å². The van der Waals surface area contributed by atoms with Crippen molar-refractivity contribution >= 4 is 39.1 Å². The second kappa shape index (κ2) is 8.18. The average Bonchev–Trinajstić information content (AvgIpc) is 2.82. The first-order valence-corrected chi connectivity index (χ1v) is 10.3. The van der Waals surface area contributed by atoms with Crippen molar-refractivity contribution in [2.75, 3.05) is 13.1 Å². The number of carbonyl (C=O) groups is 2. The Labute approximate surface area is 171 Å². The molecule has 152 valence electrons. The molecule has 1 N–H and O–H groups in total. The van der Waals surface area contributed by atoms with E-state index in [2.05, 4.69) is 5.32 Å². The van der Waals surface area contributed by atoms with E-state index in [0.29, 0.717) is 9.33 Å². The molecule has 29 heavy (non-hydrogen) atoms. The first-order valence-electron chi connectivity index (χ1n) is 8.50. The van der Waals surface area contributed by atoms with Crippen LogP contribution in [0, 0.1) is 16.0 Å². The highest BCUT2D eigenvalue weighted by Crippen LogP contribution is 2.24. The van der Waals surface area contributed by atoms with E-state index >= 15 is 0 Å². The summed E-state index contributed by atoms with van der Waals surface area (Å²) in [5.41, 5.74) is 0.433. The van der Waals surface area contributed by atoms with Crippen LogP contribution in [-0.2, 0) is 26.0 Å². The highest BCUT2D eigenvalue weighted by molar-refractivity contribution is 7.89. The number of amides is 2. The van der Waals surface area contributed by atoms with Gasteiger partial charge in [-0.3, -0.25) is 19.7 Å². The SMILES string of the molecule is O=C1CN(S(=O)(=O)c2ccc([N+](=O)[O-])cc2)C(=O)C(Cc2cccc(Cl)c2)CN1. The van der Waals surface area contributed by atoms with Crippen molar-refractivity contribution in [1.29, 1.82) is 0 Å². The molecule has 1 heterocycles. The monoisotopic (exact) mass is 437 g/mol. The van der Waals surface area contributed by atoms with Gasteiger partial charge in [-0.05, 0) is 36.2 Å². The van der Waals surface area contributed by atoms with Crippen LogP contribution in [0.1, 0.15) is 5.56 Å². The van der Waals surface area contributed by atoms with Gasteiger partial charge in [0, 0.05) is 23.7 Å². The molecule has 2 amide bonds. The Hall–Kier alpha value is -2.98. The number of nitrogens with one attached hydrogen (secondary N) is 1. The van der Waals surface area contributed by atoms with E-state index in [1.807, 2.05) is 0 Å². The van der Waals surface area contributed by atoms with Gasteiger partial charge in [-0.1, -0.05) is 23.7 Å². The highest BCUT2D eigenvalue weighted by atomic mass is 35.5. The Morgan fingerprint density at radius 3 is 2.48 bits per heavy atom. The van der Waals surface area contributed by atoms with Crippen LogP contribution in [-0.4, -0.2) is 42.6 Å². The van der Waals surface area contributed by atoms with Gasteiger partial charge >= 0.3 is 0 Å². The van der Waals surface area contributed by atoms with Crippen molar-refractivity contribution in [2.45, 2.75) is 11.3 Å². The lowest BCUT2D eigenvalue weighted by molar-refractivity contribution is -0.384. The van der Waals surface area contributed by atoms with Crippen LogP contribution < -0.4 is 5.32 Å². The molecule has 9 nitrogen and oxygen atoms in total. The molecule has 0 spiro atoms. The Morgan fingerprint density at radius 1 is 1.17 bits per heavy atom. The minimum absolute atomic E-state index is 0.0174. The fourth-order valence-corrected chi connectivity index (χ4v) is 4.59. The Balaban J connectivity index is 1.92. The van der Waals surface area contributed by atoms with E-state index in [9.17, 15) is 28.1 Å². The zero-order valence-electron chi connectivity index (χ0n) is 14.9. The number of non-ortho nitro benzene ring substituents is 1. The lowest BCUT2D eigenvalue weighted by Crippen LogP contribution is -2.42. The van der Waals surface area contributed by atoms with Gasteiger partial charge in [0.05, 0.1) is 15.7 Å². The van der Waals surface area contributed by atoms with Gasteiger partial charge in [0.25, 0.3) is 15.7 Å². The lowest BCUT2D eigenvalue weighted by Gasteiger charge is -2.23. The Kier molecular flexibility index (Phi) is 5.85. The van der Waals surface area contributed by atoms with Crippen molar-refractivity contribution in [3.05, 3.63) is 69.2 Å². The molecule has 2 aromatic carbocycles. The quantitative estimate of drug-likeness (QED) is 0.560. The largest absolute Gasteiger partial charge is 0.354 e. The molecule has 1 fully saturated rings. The van der Waals surface area contributed by atoms with E-state index in [0.717, 1.165) is 29.8 Å². The van der Waals surface area contributed by atoms with Crippen molar-refractivity contribution in [3.63, 3.8) is 0 Å². The summed E-state index contributed by atoms with van der Waals surface area (Å²) >= 11 is 5.96. The van der Waals surface area contributed by atoms with Crippen molar-refractivity contribution in [2.24, 2.45) is 5.92 Å². The molecule has 3 rings (SSSR count). The Bertz CT molecular complexity index is 1070. The normalized spacial score (nSPS) is 17.6. The summed E-state index contributed by atoms with van der Waals surface area (Å²) in [5, 5.41) is 13.8. The minimum atomic E-state index is -4.37. The van der Waals surface area contributed by atoms with Gasteiger partial charge in [0.2, 0.25) is 11.8 Å². The van der Waals surface area contributed by atoms with Crippen molar-refractivity contribution in [3.8, 4) is 0 Å². The van der Waals surface area contributed by atoms with E-state index in [4.69, 9.17) is 11.6 Å². The predicted molar refractivity (Wildman–Crippen MR) is 104 cm³/mol. The van der Waals surface area contributed by atoms with Crippen molar-refractivity contribution in [1.82, 2.24) is 9.62 Å². The fraction of sp³-hybridized carbons (Fsp3) is 0.222. The first kappa shape index (κ1) is 20.7. The number of nitro groups is 1. The zero-order valence-corrected chi connectivity index (χ0v) is 16.5. The van der Waals surface area contributed by atoms with Gasteiger partial charge in [-0.15, -0.1) is 0 Å². The number of halogens is 1. The molecular formula is C18H16ClN3O6S. The van der Waals surface area contributed by atoms with Crippen LogP contribution in [0.4, 0.5) is 5.69 Å². The molecular weight excluding hydrogens is 422 g/mol. The maximum absolute atomic E-state index is 13.0. The first-order chi connectivity index (χ1) is 13.7. The predicted octanol–water partition coefficient (Wildman–Crippen LogP) is 1.75. The molecule has 0 radical (unpaired) electrons. The van der Waals surface area contributed by atoms with Gasteiger partial charge in [-0.25, -0.2) is 12.7 Å². The molecule has 1 aliphatic heterocycles. The highest BCUT2D eigenvalue weighted by Gasteiger charge is 2.38. The van der Waals surface area contributed by atoms with Crippen LogP contribution in [0.5, 0.6) is 0 Å². The molecule has 0 aliphatic carbocycles. The standard InChI is InChI=1S/C18H16ClN3O6S/c19-14-3-1-2-12(9-14)8-13-10-20-17(23)11-21(18(13)24)29(27,28)16-6-4-15(5-7-16)22(25)26/h1-7,9,13H,8,10-11H2,(H,20,23). The molecule has 1 aliphatic rings. The number of hydrogen-bond donors (Lipinski definition) is 1. The third-order valence-corrected chi connectivity index (χ3v) is 6.43. The number of sulfonamides is 1. The van der Waals surface area contributed by atoms with Crippen molar-refractivity contribution < 1.29 is 22.9 Å². The summed E-state index contributed by atoms with van der Waals surface area (Å²) in [6, 6.07) is 10.9. The zero-order chi connectivity index (χ0) is 21.2. The molecule has 11 heteroatoms. The van der Waals surface area contributed by atoms with Crippen LogP contribution in [0.25, 0.3) is 0 Å². The smallest absolute Gasteiger partial charge is 0.269 e. The minimum Gasteiger partial charge on any atom is -0.354 e. The van der Waals surface area contributed by atoms with E-state index < -0.39 is 39.2 Å². The second-order valence-corrected chi connectivity index (χ2v) is 8.73. The van der Waals surface area contributed by atoms with Gasteiger partial charge in [0.1, 0.15) is 6.54 Å². The number of nitro benzene ring substituents is 1. The summed E-state index contributed by atoms with van der Waals surface area (Å²) in [7, 11) is -4.37. The van der Waals surface area contributed by atoms with Gasteiger partial charge in [0.15, 0.2) is 0 Å². The van der Waals surface area contributed by atoms with Crippen LogP contribution >= 0.6 is 11.6 Å². The van der Waals surface area contributed by atoms with Gasteiger partial charge < -0.3 is 5.32 Å². The van der Waals surface area contributed by atoms with Gasteiger partial charge in [-0.2, -0.15) is 0 Å². The number of rotatable bonds is 5. The number of benzene rings is 2. The average molecular weight is 438 g/mol. The van der Waals surface area contributed by atoms with E-state index in [-0.39, 0.29) is 23.5 Å². The maximum Gasteiger partial charge on any atom is 0.269 e. The van der Waals surface area contributed by atoms with E-state index in [1.54, 1.807) is 24.3 Å². The Morgan fingerprint density at radius 2 is 1.86 bits per heavy atom. The molecule has 2 aromatic rings. The summed E-state index contributed by atoms with van der Waals surface area (Å²) in [6.07, 6.45) is 0.186. The summed E-state index contributed by atoms with van der Waals surface area (Å²) in [6.45, 7) is -0.680. The second-order valence-electron chi connectivity index (χ2n) is 6.44. The third-order valence-electron chi connectivity index (χ3n) is 4.43. The van der Waals surface area contributed by atoms with Crippen LogP contribution in [0.3, 0.4) is 0 Å². The summed E-state index contributed by atoms with van der Waals surface area (Å²) < 4.78 is 26.4. The number of hydrogen-bond acceptors (Lipinski definition) is 6. The molecule has 0 saturated carbocycles. The van der Waals surface area contributed by atoms with Crippen LogP contribution in [0.2, 0.25) is 5.02 Å². The molecule has 0 bridgehead atoms. The summed E-state index contributed by atoms with van der Waals surface area (Å²) in [4.78, 5) is 34.8. The summed E-state index contributed by atoms with van der Waals surface area (Å²) in [5.74, 6) is -2.16. The lowest BCUT2D eigenvalue weighted by atomic mass is 9.98. The molecule has 1 atom stereocenters. The number of carbonyl (C=O) groups excluding carboxylic acids is 2. The fourth-order valence-electron chi connectivity index (χ4n) is 2.97. The van der Waals surface area contributed by atoms with Crippen LogP contribution in [0.15, 0.2) is 53.4 Å². The molecule has 1 saturated heterocycles. The maximum atomic E-state index is 13.0. The third kappa shape index (κ3) is 4.54. The molecule has 1 unspecified atom stereocenters. The number of nitrogens with zero attached hydrogens (tertiary/aromatic N) is 2. The molecule has 0 aromatic heterocycles.